The smallest absolute Gasteiger partial charge is 0.478 e. The highest BCUT2D eigenvalue weighted by molar-refractivity contribution is 7.94. The van der Waals surface area contributed by atoms with Crippen LogP contribution in [0.2, 0.25) is 0 Å². The second kappa shape index (κ2) is 12.1. The molecule has 0 saturated heterocycles. The molecule has 3 N–H and O–H groups in total. The zero-order valence-electron chi connectivity index (χ0n) is 19.0. The summed E-state index contributed by atoms with van der Waals surface area (Å²) in [6, 6.07) is 7.84. The van der Waals surface area contributed by atoms with Gasteiger partial charge in [0.05, 0.1) is 11.3 Å². The highest BCUT2D eigenvalue weighted by Crippen LogP contribution is 2.28. The average Bonchev–Trinajstić information content (AvgIpc) is 3.22. The molecular weight excluding hydrogens is 497 g/mol. The van der Waals surface area contributed by atoms with E-state index in [1.165, 1.54) is 12.1 Å². The van der Waals surface area contributed by atoms with Crippen LogP contribution in [0.3, 0.4) is 0 Å². The zero-order chi connectivity index (χ0) is 26.3. The lowest BCUT2D eigenvalue weighted by molar-refractivity contribution is -0.192. The molecule has 0 amide bonds. The number of aromatic carboxylic acids is 1. The Morgan fingerprint density at radius 1 is 1.06 bits per heavy atom. The van der Waals surface area contributed by atoms with Crippen LogP contribution in [0.15, 0.2) is 39.9 Å². The number of rotatable bonds is 9. The van der Waals surface area contributed by atoms with Crippen molar-refractivity contribution >= 4 is 44.7 Å². The Morgan fingerprint density at radius 2 is 1.59 bits per heavy atom. The van der Waals surface area contributed by atoms with E-state index in [1.807, 2.05) is 0 Å². The fourth-order valence-corrected chi connectivity index (χ4v) is 4.86. The fraction of sp³-hybridized carbons (Fsp3) is 0.429. The molecule has 1 heterocycles. The van der Waals surface area contributed by atoms with Crippen molar-refractivity contribution in [1.82, 2.24) is 0 Å². The summed E-state index contributed by atoms with van der Waals surface area (Å²) in [6.45, 7) is 9.76. The average molecular weight is 525 g/mol. The van der Waals surface area contributed by atoms with E-state index in [-0.39, 0.29) is 15.5 Å². The number of carbonyl (C=O) groups is 2. The number of alkyl halides is 3. The predicted molar refractivity (Wildman–Crippen MR) is 124 cm³/mol. The van der Waals surface area contributed by atoms with Crippen LogP contribution in [0.5, 0.6) is 0 Å². The van der Waals surface area contributed by atoms with Gasteiger partial charge in [0, 0.05) is 18.8 Å². The lowest BCUT2D eigenvalue weighted by Gasteiger charge is -2.30. The Kier molecular flexibility index (Phi) is 10.4. The normalized spacial score (nSPS) is 11.7. The molecular formula is C21H27F3N2O6S2. The van der Waals surface area contributed by atoms with Gasteiger partial charge in [-0.3, -0.25) is 4.72 Å². The maximum absolute atomic E-state index is 12.4. The standard InChI is InChI=1S/C19H26N2O4S2.C2HF3O2/c1-13(2)11-21(12-14(3)4)17-8-7-15(10-16(17)19(22)23)20-27(24,25)18-6-5-9-26-18;3-2(4,5)1(6)7/h5-10,13-14,20H,11-12H2,1-4H3,(H,22,23);(H,6,7). The van der Waals surface area contributed by atoms with Crippen LogP contribution in [-0.4, -0.2) is 49.8 Å². The molecule has 0 bridgehead atoms. The third-order valence-electron chi connectivity index (χ3n) is 3.99. The molecule has 0 unspecified atom stereocenters. The number of carboxylic acids is 2. The summed E-state index contributed by atoms with van der Waals surface area (Å²) in [5.41, 5.74) is 0.922. The Bertz CT molecular complexity index is 1060. The Balaban J connectivity index is 0.000000718. The number of hydrogen-bond donors (Lipinski definition) is 3. The van der Waals surface area contributed by atoms with Crippen molar-refractivity contribution in [2.45, 2.75) is 38.1 Å². The number of aliphatic carboxylic acids is 1. The minimum atomic E-state index is -5.08. The van der Waals surface area contributed by atoms with E-state index >= 15 is 0 Å². The van der Waals surface area contributed by atoms with E-state index in [0.717, 1.165) is 24.4 Å². The molecule has 0 spiro atoms. The molecule has 0 aliphatic rings. The lowest BCUT2D eigenvalue weighted by Crippen LogP contribution is -2.32. The molecule has 13 heteroatoms. The molecule has 0 radical (unpaired) electrons. The Labute approximate surface area is 200 Å². The fourth-order valence-electron chi connectivity index (χ4n) is 2.82. The van der Waals surface area contributed by atoms with Crippen molar-refractivity contribution in [1.29, 1.82) is 0 Å². The summed E-state index contributed by atoms with van der Waals surface area (Å²) in [4.78, 5) is 22.8. The maximum Gasteiger partial charge on any atom is 0.490 e. The number of thiophene rings is 1. The monoisotopic (exact) mass is 524 g/mol. The predicted octanol–water partition coefficient (Wildman–Crippen LogP) is 5.00. The maximum atomic E-state index is 12.4. The number of sulfonamides is 1. The Morgan fingerprint density at radius 3 is 1.97 bits per heavy atom. The first-order valence-electron chi connectivity index (χ1n) is 10.0. The van der Waals surface area contributed by atoms with Gasteiger partial charge in [-0.25, -0.2) is 18.0 Å². The minimum Gasteiger partial charge on any atom is -0.478 e. The number of anilines is 2. The number of nitrogens with one attached hydrogen (secondary N) is 1. The quantitative estimate of drug-likeness (QED) is 0.422. The molecule has 190 valence electrons. The van der Waals surface area contributed by atoms with Crippen LogP contribution in [-0.2, 0) is 14.8 Å². The largest absolute Gasteiger partial charge is 0.490 e. The number of nitrogens with zero attached hydrogens (tertiary/aromatic N) is 1. The van der Waals surface area contributed by atoms with Crippen LogP contribution >= 0.6 is 11.3 Å². The topological polar surface area (TPSA) is 124 Å². The molecule has 1 aromatic heterocycles. The molecule has 0 aliphatic carbocycles. The molecule has 1 aromatic carbocycles. The van der Waals surface area contributed by atoms with Crippen molar-refractivity contribution in [3.63, 3.8) is 0 Å². The number of halogens is 3. The van der Waals surface area contributed by atoms with Crippen LogP contribution in [0.1, 0.15) is 38.1 Å². The summed E-state index contributed by atoms with van der Waals surface area (Å²) in [7, 11) is -3.72. The number of benzene rings is 1. The lowest BCUT2D eigenvalue weighted by atomic mass is 10.1. The molecule has 8 nitrogen and oxygen atoms in total. The van der Waals surface area contributed by atoms with Gasteiger partial charge in [0.15, 0.2) is 0 Å². The molecule has 0 aliphatic heterocycles. The third kappa shape index (κ3) is 9.21. The minimum absolute atomic E-state index is 0.0858. The highest BCUT2D eigenvalue weighted by Gasteiger charge is 2.38. The first-order valence-corrected chi connectivity index (χ1v) is 12.4. The van der Waals surface area contributed by atoms with E-state index in [1.54, 1.807) is 23.6 Å². The molecule has 34 heavy (non-hydrogen) atoms. The van der Waals surface area contributed by atoms with Crippen LogP contribution in [0.25, 0.3) is 0 Å². The van der Waals surface area contributed by atoms with Gasteiger partial charge in [-0.05, 0) is 41.5 Å². The van der Waals surface area contributed by atoms with Crippen molar-refractivity contribution in [2.75, 3.05) is 22.7 Å². The van der Waals surface area contributed by atoms with Crippen molar-refractivity contribution in [3.8, 4) is 0 Å². The first kappa shape index (κ1) is 29.2. The van der Waals surface area contributed by atoms with Gasteiger partial charge in [0.1, 0.15) is 4.21 Å². The van der Waals surface area contributed by atoms with Crippen molar-refractivity contribution in [2.24, 2.45) is 11.8 Å². The molecule has 0 saturated carbocycles. The molecule has 0 fully saturated rings. The number of carboxylic acid groups (broad SMARTS) is 2. The van der Waals surface area contributed by atoms with Crippen LogP contribution < -0.4 is 9.62 Å². The van der Waals surface area contributed by atoms with Gasteiger partial charge in [0.25, 0.3) is 10.0 Å². The van der Waals surface area contributed by atoms with Crippen LogP contribution in [0.4, 0.5) is 24.5 Å². The van der Waals surface area contributed by atoms with E-state index in [4.69, 9.17) is 9.90 Å². The molecule has 2 rings (SSSR count). The third-order valence-corrected chi connectivity index (χ3v) is 6.77. The van der Waals surface area contributed by atoms with Gasteiger partial charge < -0.3 is 15.1 Å². The van der Waals surface area contributed by atoms with Crippen molar-refractivity contribution < 1.29 is 41.4 Å². The highest BCUT2D eigenvalue weighted by atomic mass is 32.2. The summed E-state index contributed by atoms with van der Waals surface area (Å²) in [5.74, 6) is -3.11. The second-order valence-corrected chi connectivity index (χ2v) is 10.9. The molecule has 2 aromatic rings. The van der Waals surface area contributed by atoms with E-state index in [9.17, 15) is 31.5 Å². The van der Waals surface area contributed by atoms with Gasteiger partial charge in [0.2, 0.25) is 0 Å². The second-order valence-electron chi connectivity index (χ2n) is 8.07. The SMILES string of the molecule is CC(C)CN(CC(C)C)c1ccc(NS(=O)(=O)c2cccs2)cc1C(=O)O.O=C(O)C(F)(F)F. The summed E-state index contributed by atoms with van der Waals surface area (Å²) < 4.78 is 59.2. The van der Waals surface area contributed by atoms with Gasteiger partial charge in [-0.1, -0.05) is 33.8 Å². The van der Waals surface area contributed by atoms with Crippen LogP contribution in [0, 0.1) is 11.8 Å². The van der Waals surface area contributed by atoms with Gasteiger partial charge in [-0.15, -0.1) is 11.3 Å². The first-order chi connectivity index (χ1) is 15.5. The zero-order valence-corrected chi connectivity index (χ0v) is 20.6. The summed E-state index contributed by atoms with van der Waals surface area (Å²) in [6.07, 6.45) is -5.08. The van der Waals surface area contributed by atoms with E-state index < -0.39 is 28.1 Å². The molecule has 0 atom stereocenters. The summed E-state index contributed by atoms with van der Waals surface area (Å²) >= 11 is 1.11. The van der Waals surface area contributed by atoms with Gasteiger partial charge in [-0.2, -0.15) is 13.2 Å². The summed E-state index contributed by atoms with van der Waals surface area (Å²) in [5, 5.41) is 18.5. The van der Waals surface area contributed by atoms with Gasteiger partial charge >= 0.3 is 18.1 Å². The van der Waals surface area contributed by atoms with Crippen molar-refractivity contribution in [3.05, 3.63) is 41.3 Å². The Hall–Kier alpha value is -2.80. The van der Waals surface area contributed by atoms with E-state index in [2.05, 4.69) is 37.3 Å². The van der Waals surface area contributed by atoms with E-state index in [0.29, 0.717) is 17.5 Å². The number of hydrogen-bond acceptors (Lipinski definition) is 6.